The van der Waals surface area contributed by atoms with Crippen molar-refractivity contribution >= 4 is 15.9 Å². The van der Waals surface area contributed by atoms with E-state index in [1.165, 1.54) is 11.1 Å². The number of fused-ring (bicyclic) bond motifs is 1. The average molecular weight is 332 g/mol. The van der Waals surface area contributed by atoms with Crippen LogP contribution in [0.15, 0.2) is 53.0 Å². The monoisotopic (exact) mass is 331 g/mol. The van der Waals surface area contributed by atoms with Crippen LogP contribution >= 0.6 is 15.9 Å². The number of hydrogen-bond donors (Lipinski definition) is 2. The molecule has 0 saturated carbocycles. The molecule has 3 N–H and O–H groups in total. The predicted molar refractivity (Wildman–Crippen MR) is 84.8 cm³/mol. The Morgan fingerprint density at radius 2 is 1.85 bits per heavy atom. The van der Waals surface area contributed by atoms with Crippen LogP contribution in [0, 0.1) is 0 Å². The fourth-order valence-electron chi connectivity index (χ4n) is 3.07. The Hall–Kier alpha value is -1.16. The second kappa shape index (κ2) is 5.68. The second-order valence-electron chi connectivity index (χ2n) is 5.39. The molecule has 0 spiro atoms. The van der Waals surface area contributed by atoms with Gasteiger partial charge in [0.1, 0.15) is 0 Å². The first-order valence-electron chi connectivity index (χ1n) is 6.92. The first-order chi connectivity index (χ1) is 9.70. The Balaban J connectivity index is 1.82. The molecule has 0 heterocycles. The third-order valence-electron chi connectivity index (χ3n) is 4.27. The first kappa shape index (κ1) is 13.8. The molecule has 1 aliphatic rings. The Morgan fingerprint density at radius 1 is 1.15 bits per heavy atom. The van der Waals surface area contributed by atoms with E-state index in [1.807, 2.05) is 30.3 Å². The summed E-state index contributed by atoms with van der Waals surface area (Å²) in [6, 6.07) is 16.4. The molecule has 0 fully saturated rings. The van der Waals surface area contributed by atoms with Crippen LogP contribution in [0.4, 0.5) is 0 Å². The van der Waals surface area contributed by atoms with E-state index >= 15 is 0 Å². The fraction of sp³-hybridized carbons (Fsp3) is 0.294. The number of halogens is 1. The summed E-state index contributed by atoms with van der Waals surface area (Å²) in [5.41, 5.74) is 9.64. The van der Waals surface area contributed by atoms with E-state index in [4.69, 9.17) is 5.73 Å². The lowest BCUT2D eigenvalue weighted by molar-refractivity contribution is 0.106. The first-order valence-corrected chi connectivity index (χ1v) is 7.71. The lowest BCUT2D eigenvalue weighted by Crippen LogP contribution is -2.36. The van der Waals surface area contributed by atoms with Crippen LogP contribution in [0.3, 0.4) is 0 Å². The molecule has 0 aliphatic heterocycles. The summed E-state index contributed by atoms with van der Waals surface area (Å²) in [6.07, 6.45) is 0.528. The zero-order valence-electron chi connectivity index (χ0n) is 11.2. The maximum Gasteiger partial charge on any atom is 0.0692 e. The average Bonchev–Trinajstić information content (AvgIpc) is 2.43. The highest BCUT2D eigenvalue weighted by molar-refractivity contribution is 9.10. The summed E-state index contributed by atoms with van der Waals surface area (Å²) < 4.78 is 1.04. The molecular weight excluding hydrogens is 314 g/mol. The predicted octanol–water partition coefficient (Wildman–Crippen LogP) is 3.19. The molecule has 3 atom stereocenters. The SMILES string of the molecule is NCC(c1ccc(Br)cc1)C(O)C1Cc2ccccc21. The van der Waals surface area contributed by atoms with Crippen molar-refractivity contribution in [2.24, 2.45) is 5.73 Å². The normalized spacial score (nSPS) is 19.9. The number of aliphatic hydroxyl groups excluding tert-OH is 1. The standard InChI is InChI=1S/C17H18BrNO/c18-13-7-5-11(6-8-13)16(10-19)17(20)15-9-12-3-1-2-4-14(12)15/h1-8,15-17,20H,9-10,19H2. The van der Waals surface area contributed by atoms with Gasteiger partial charge in [-0.05, 0) is 35.2 Å². The van der Waals surface area contributed by atoms with Crippen LogP contribution in [0.2, 0.25) is 0 Å². The summed E-state index contributed by atoms with van der Waals surface area (Å²) in [5, 5.41) is 10.7. The lowest BCUT2D eigenvalue weighted by atomic mass is 9.70. The lowest BCUT2D eigenvalue weighted by Gasteiger charge is -2.37. The minimum atomic E-state index is -0.420. The maximum absolute atomic E-state index is 10.7. The molecule has 2 nitrogen and oxygen atoms in total. The molecule has 1 aliphatic carbocycles. The fourth-order valence-corrected chi connectivity index (χ4v) is 3.33. The molecule has 2 aromatic carbocycles. The van der Waals surface area contributed by atoms with Gasteiger partial charge in [-0.25, -0.2) is 0 Å². The minimum Gasteiger partial charge on any atom is -0.392 e. The molecule has 3 rings (SSSR count). The van der Waals surface area contributed by atoms with Gasteiger partial charge < -0.3 is 10.8 Å². The quantitative estimate of drug-likeness (QED) is 0.903. The van der Waals surface area contributed by atoms with Crippen molar-refractivity contribution in [3.63, 3.8) is 0 Å². The zero-order valence-corrected chi connectivity index (χ0v) is 12.8. The summed E-state index contributed by atoms with van der Waals surface area (Å²) >= 11 is 3.43. The maximum atomic E-state index is 10.7. The molecule has 20 heavy (non-hydrogen) atoms. The van der Waals surface area contributed by atoms with Crippen molar-refractivity contribution in [3.05, 3.63) is 69.7 Å². The number of benzene rings is 2. The van der Waals surface area contributed by atoms with Crippen LogP contribution in [-0.4, -0.2) is 17.8 Å². The van der Waals surface area contributed by atoms with E-state index < -0.39 is 6.10 Å². The van der Waals surface area contributed by atoms with Gasteiger partial charge in [0.25, 0.3) is 0 Å². The zero-order chi connectivity index (χ0) is 14.1. The summed E-state index contributed by atoms with van der Waals surface area (Å²) in [6.45, 7) is 0.460. The molecule has 0 amide bonds. The number of aliphatic hydroxyl groups is 1. The summed E-state index contributed by atoms with van der Waals surface area (Å²) in [4.78, 5) is 0. The van der Waals surface area contributed by atoms with Gasteiger partial charge in [0, 0.05) is 22.9 Å². The Kier molecular flexibility index (Phi) is 3.92. The van der Waals surface area contributed by atoms with Crippen molar-refractivity contribution < 1.29 is 5.11 Å². The van der Waals surface area contributed by atoms with Crippen molar-refractivity contribution in [3.8, 4) is 0 Å². The molecule has 3 heteroatoms. The molecule has 0 saturated heterocycles. The Labute approximate surface area is 127 Å². The number of rotatable bonds is 4. The molecule has 104 valence electrons. The van der Waals surface area contributed by atoms with Gasteiger partial charge in [-0.15, -0.1) is 0 Å². The third kappa shape index (κ3) is 2.41. The topological polar surface area (TPSA) is 46.2 Å². The van der Waals surface area contributed by atoms with Crippen LogP contribution in [-0.2, 0) is 6.42 Å². The van der Waals surface area contributed by atoms with Crippen LogP contribution < -0.4 is 5.73 Å². The van der Waals surface area contributed by atoms with Gasteiger partial charge in [0.15, 0.2) is 0 Å². The van der Waals surface area contributed by atoms with Crippen molar-refractivity contribution in [1.82, 2.24) is 0 Å². The Bertz CT molecular complexity index is 596. The van der Waals surface area contributed by atoms with E-state index in [1.54, 1.807) is 0 Å². The largest absolute Gasteiger partial charge is 0.392 e. The minimum absolute atomic E-state index is 0.0125. The number of hydrogen-bond acceptors (Lipinski definition) is 2. The van der Waals surface area contributed by atoms with E-state index in [0.717, 1.165) is 16.5 Å². The summed E-state index contributed by atoms with van der Waals surface area (Å²) in [7, 11) is 0. The van der Waals surface area contributed by atoms with Gasteiger partial charge in [-0.1, -0.05) is 52.3 Å². The van der Waals surface area contributed by atoms with Gasteiger partial charge in [0.05, 0.1) is 6.10 Å². The Morgan fingerprint density at radius 3 is 2.50 bits per heavy atom. The molecule has 3 unspecified atom stereocenters. The van der Waals surface area contributed by atoms with Crippen LogP contribution in [0.1, 0.15) is 28.5 Å². The van der Waals surface area contributed by atoms with Gasteiger partial charge in [0.2, 0.25) is 0 Å². The molecular formula is C17H18BrNO. The van der Waals surface area contributed by atoms with Crippen LogP contribution in [0.5, 0.6) is 0 Å². The van der Waals surface area contributed by atoms with Crippen LogP contribution in [0.25, 0.3) is 0 Å². The molecule has 0 radical (unpaired) electrons. The van der Waals surface area contributed by atoms with Crippen molar-refractivity contribution in [2.45, 2.75) is 24.4 Å². The van der Waals surface area contributed by atoms with E-state index in [0.29, 0.717) is 6.54 Å². The van der Waals surface area contributed by atoms with Crippen molar-refractivity contribution in [1.29, 1.82) is 0 Å². The van der Waals surface area contributed by atoms with Gasteiger partial charge in [-0.2, -0.15) is 0 Å². The summed E-state index contributed by atoms with van der Waals surface area (Å²) in [5.74, 6) is 0.199. The highest BCUT2D eigenvalue weighted by atomic mass is 79.9. The molecule has 0 aromatic heterocycles. The third-order valence-corrected chi connectivity index (χ3v) is 4.80. The smallest absolute Gasteiger partial charge is 0.0692 e. The highest BCUT2D eigenvalue weighted by Gasteiger charge is 2.36. The van der Waals surface area contributed by atoms with Gasteiger partial charge in [-0.3, -0.25) is 0 Å². The second-order valence-corrected chi connectivity index (χ2v) is 6.31. The van der Waals surface area contributed by atoms with E-state index in [2.05, 4.69) is 34.1 Å². The molecule has 0 bridgehead atoms. The van der Waals surface area contributed by atoms with Crippen molar-refractivity contribution in [2.75, 3.05) is 6.54 Å². The van der Waals surface area contributed by atoms with E-state index in [-0.39, 0.29) is 11.8 Å². The number of nitrogens with two attached hydrogens (primary N) is 1. The molecule has 2 aromatic rings. The van der Waals surface area contributed by atoms with Gasteiger partial charge >= 0.3 is 0 Å². The highest BCUT2D eigenvalue weighted by Crippen LogP contribution is 2.41. The van der Waals surface area contributed by atoms with E-state index in [9.17, 15) is 5.11 Å².